The predicted octanol–water partition coefficient (Wildman–Crippen LogP) is 21.3. The molecule has 0 aliphatic rings. The fraction of sp³-hybridized carbons (Fsp3) is 0. The topological polar surface area (TPSA) is 50.3 Å². The first-order chi connectivity index (χ1) is 43.7. The standard InChI is InChI=1S/C80H54N8/c1-7-26-55(27-8-1)83(61-46-49-74-67(52-61)64-38-19-22-42-71(64)86(74)58-32-13-4-14-33-58)77-45-25-41-70-78(77)82-80(85(57-30-11-3-12-31-57)63-48-51-76-69(54-63)66-40-21-24-44-73(66)88(76)60-36-17-6-18-37-60)79(81-70)84(56-28-9-2-10-29-56)62-47-50-75-68(53-62)65-39-20-23-43-72(65)87(75)59-34-15-5-16-35-59/h1-54H. The van der Waals surface area contributed by atoms with Gasteiger partial charge in [0, 0.05) is 83.5 Å². The Hall–Kier alpha value is -12.0. The molecule has 0 saturated heterocycles. The van der Waals surface area contributed by atoms with Crippen molar-refractivity contribution in [3.05, 3.63) is 328 Å². The fourth-order valence-corrected chi connectivity index (χ4v) is 13.3. The minimum Gasteiger partial charge on any atom is -0.309 e. The van der Waals surface area contributed by atoms with Crippen LogP contribution < -0.4 is 14.7 Å². The Morgan fingerprint density at radius 1 is 0.216 bits per heavy atom. The third-order valence-electron chi connectivity index (χ3n) is 17.1. The van der Waals surface area contributed by atoms with Crippen molar-refractivity contribution in [2.24, 2.45) is 0 Å². The van der Waals surface area contributed by atoms with Crippen molar-refractivity contribution < 1.29 is 0 Å². The summed E-state index contributed by atoms with van der Waals surface area (Å²) in [7, 11) is 0. The lowest BCUT2D eigenvalue weighted by Gasteiger charge is -2.32. The zero-order valence-electron chi connectivity index (χ0n) is 47.8. The quantitative estimate of drug-likeness (QED) is 0.122. The second-order valence-corrected chi connectivity index (χ2v) is 22.2. The van der Waals surface area contributed by atoms with E-state index in [0.717, 1.165) is 128 Å². The van der Waals surface area contributed by atoms with Crippen LogP contribution in [0.2, 0.25) is 0 Å². The van der Waals surface area contributed by atoms with Crippen molar-refractivity contribution in [3.8, 4) is 17.1 Å². The number of nitrogens with zero attached hydrogens (tertiary/aromatic N) is 8. The summed E-state index contributed by atoms with van der Waals surface area (Å²) < 4.78 is 7.10. The number of anilines is 9. The molecule has 4 heterocycles. The van der Waals surface area contributed by atoms with E-state index in [1.807, 2.05) is 0 Å². The molecule has 0 fully saturated rings. The Balaban J connectivity index is 0.953. The van der Waals surface area contributed by atoms with E-state index in [9.17, 15) is 0 Å². The summed E-state index contributed by atoms with van der Waals surface area (Å²) in [6.07, 6.45) is 0. The number of rotatable bonds is 12. The summed E-state index contributed by atoms with van der Waals surface area (Å²) in [5.74, 6) is 1.29. The SMILES string of the molecule is c1ccc(N(c2ccc3c(c2)c2ccccc2n3-c2ccccc2)c2nc3cccc(N(c4ccccc4)c4ccc5c(c4)c4ccccc4n5-c4ccccc4)c3nc2N(c2ccccc2)c2ccc3c(c2)c2ccccc2n3-c2ccccc2)cc1. The van der Waals surface area contributed by atoms with Crippen LogP contribution in [-0.4, -0.2) is 23.7 Å². The van der Waals surface area contributed by atoms with Crippen LogP contribution in [0.5, 0.6) is 0 Å². The van der Waals surface area contributed by atoms with Gasteiger partial charge in [-0.15, -0.1) is 0 Å². The van der Waals surface area contributed by atoms with Crippen molar-refractivity contribution >= 4 is 128 Å². The molecule has 0 saturated carbocycles. The number of benzene rings is 13. The van der Waals surface area contributed by atoms with E-state index < -0.39 is 0 Å². The highest BCUT2D eigenvalue weighted by Gasteiger charge is 2.30. The number of hydrogen-bond acceptors (Lipinski definition) is 5. The van der Waals surface area contributed by atoms with E-state index in [0.29, 0.717) is 11.6 Å². The van der Waals surface area contributed by atoms with Crippen LogP contribution >= 0.6 is 0 Å². The average Bonchev–Trinajstić information content (AvgIpc) is 1.80. The normalized spacial score (nSPS) is 11.6. The van der Waals surface area contributed by atoms with E-state index in [1.165, 1.54) is 5.39 Å². The van der Waals surface area contributed by atoms with Crippen molar-refractivity contribution in [3.63, 3.8) is 0 Å². The molecule has 0 unspecified atom stereocenters. The van der Waals surface area contributed by atoms with E-state index >= 15 is 0 Å². The zero-order chi connectivity index (χ0) is 58.1. The van der Waals surface area contributed by atoms with Gasteiger partial charge in [0.2, 0.25) is 0 Å². The van der Waals surface area contributed by atoms with Gasteiger partial charge in [-0.3, -0.25) is 9.80 Å². The Bertz CT molecular complexity index is 5450. The van der Waals surface area contributed by atoms with Crippen LogP contribution in [0.3, 0.4) is 0 Å². The largest absolute Gasteiger partial charge is 0.309 e. The number of fused-ring (bicyclic) bond motifs is 10. The third kappa shape index (κ3) is 8.30. The molecule has 17 rings (SSSR count). The monoisotopic (exact) mass is 1130 g/mol. The summed E-state index contributed by atoms with van der Waals surface area (Å²) in [4.78, 5) is 19.1. The molecule has 0 bridgehead atoms. The van der Waals surface area contributed by atoms with Gasteiger partial charge in [0.15, 0.2) is 11.6 Å². The zero-order valence-corrected chi connectivity index (χ0v) is 47.8. The fourth-order valence-electron chi connectivity index (χ4n) is 13.3. The molecule has 88 heavy (non-hydrogen) atoms. The smallest absolute Gasteiger partial charge is 0.182 e. The summed E-state index contributed by atoms with van der Waals surface area (Å²) in [5, 5.41) is 6.87. The van der Waals surface area contributed by atoms with Crippen LogP contribution in [0.4, 0.5) is 51.4 Å². The molecule has 414 valence electrons. The number of para-hydroxylation sites is 10. The molecule has 8 nitrogen and oxygen atoms in total. The highest BCUT2D eigenvalue weighted by atomic mass is 15.3. The molecule has 13 aromatic carbocycles. The Labute approximate surface area is 508 Å². The van der Waals surface area contributed by atoms with Gasteiger partial charge < -0.3 is 18.6 Å². The van der Waals surface area contributed by atoms with Crippen LogP contribution in [0.25, 0.3) is 93.5 Å². The summed E-state index contributed by atoms with van der Waals surface area (Å²) in [6.45, 7) is 0. The minimum absolute atomic E-state index is 0.641. The van der Waals surface area contributed by atoms with Gasteiger partial charge in [0.25, 0.3) is 0 Å². The Kier molecular flexibility index (Phi) is 12.0. The van der Waals surface area contributed by atoms with Crippen LogP contribution in [-0.2, 0) is 0 Å². The van der Waals surface area contributed by atoms with Crippen molar-refractivity contribution in [1.82, 2.24) is 23.7 Å². The molecule has 0 spiro atoms. The molecule has 8 heteroatoms. The second-order valence-electron chi connectivity index (χ2n) is 22.2. The maximum Gasteiger partial charge on any atom is 0.182 e. The van der Waals surface area contributed by atoms with Crippen molar-refractivity contribution in [2.45, 2.75) is 0 Å². The van der Waals surface area contributed by atoms with Gasteiger partial charge in [-0.05, 0) is 158 Å². The van der Waals surface area contributed by atoms with Crippen molar-refractivity contribution in [2.75, 3.05) is 14.7 Å². The lowest BCUT2D eigenvalue weighted by Crippen LogP contribution is -2.20. The maximum atomic E-state index is 6.15. The van der Waals surface area contributed by atoms with Crippen LogP contribution in [0.1, 0.15) is 0 Å². The molecule has 0 aliphatic heterocycles. The van der Waals surface area contributed by atoms with Gasteiger partial charge in [-0.1, -0.05) is 170 Å². The van der Waals surface area contributed by atoms with Gasteiger partial charge in [0.05, 0.1) is 44.3 Å². The first-order valence-corrected chi connectivity index (χ1v) is 29.8. The first-order valence-electron chi connectivity index (χ1n) is 29.8. The molecule has 4 aromatic heterocycles. The Morgan fingerprint density at radius 2 is 0.523 bits per heavy atom. The lowest BCUT2D eigenvalue weighted by atomic mass is 10.1. The molecule has 0 N–H and O–H groups in total. The van der Waals surface area contributed by atoms with Gasteiger partial charge in [-0.2, -0.15) is 0 Å². The van der Waals surface area contributed by atoms with E-state index in [1.54, 1.807) is 0 Å². The summed E-state index contributed by atoms with van der Waals surface area (Å²) >= 11 is 0. The average molecular weight is 1130 g/mol. The molecule has 0 radical (unpaired) electrons. The molecule has 0 aliphatic carbocycles. The predicted molar refractivity (Wildman–Crippen MR) is 367 cm³/mol. The number of hydrogen-bond donors (Lipinski definition) is 0. The minimum atomic E-state index is 0.641. The third-order valence-corrected chi connectivity index (χ3v) is 17.1. The van der Waals surface area contributed by atoms with Crippen LogP contribution in [0.15, 0.2) is 328 Å². The summed E-state index contributed by atoms with van der Waals surface area (Å²) in [5.41, 5.74) is 18.1. The van der Waals surface area contributed by atoms with Gasteiger partial charge >= 0.3 is 0 Å². The molecular weight excluding hydrogens is 1070 g/mol. The lowest BCUT2D eigenvalue weighted by molar-refractivity contribution is 1.12. The highest BCUT2D eigenvalue weighted by molar-refractivity contribution is 6.14. The Morgan fingerprint density at radius 3 is 0.909 bits per heavy atom. The van der Waals surface area contributed by atoms with Gasteiger partial charge in [-0.25, -0.2) is 9.97 Å². The second kappa shape index (κ2) is 21.0. The molecule has 17 aromatic rings. The highest BCUT2D eigenvalue weighted by Crippen LogP contribution is 2.49. The molecule has 0 amide bonds. The summed E-state index contributed by atoms with van der Waals surface area (Å²) in [6, 6.07) is 117. The van der Waals surface area contributed by atoms with Gasteiger partial charge in [0.1, 0.15) is 5.52 Å². The molecular formula is C80H54N8. The van der Waals surface area contributed by atoms with E-state index in [-0.39, 0.29) is 0 Å². The first kappa shape index (κ1) is 50.5. The van der Waals surface area contributed by atoms with E-state index in [4.69, 9.17) is 9.97 Å². The maximum absolute atomic E-state index is 6.15. The number of aromatic nitrogens is 5. The van der Waals surface area contributed by atoms with Crippen LogP contribution in [0, 0.1) is 0 Å². The molecule has 0 atom stereocenters. The van der Waals surface area contributed by atoms with Crippen molar-refractivity contribution in [1.29, 1.82) is 0 Å². The van der Waals surface area contributed by atoms with E-state index in [2.05, 4.69) is 356 Å².